The summed E-state index contributed by atoms with van der Waals surface area (Å²) in [5, 5.41) is 21.5. The van der Waals surface area contributed by atoms with Gasteiger partial charge >= 0.3 is 0 Å². The fraction of sp³-hybridized carbons (Fsp3) is 0.100. The van der Waals surface area contributed by atoms with Crippen LogP contribution in [-0.2, 0) is 0 Å². The highest BCUT2D eigenvalue weighted by molar-refractivity contribution is 6.38. The summed E-state index contributed by atoms with van der Waals surface area (Å²) in [7, 11) is 2.70. The van der Waals surface area contributed by atoms with Gasteiger partial charge in [0, 0.05) is 36.4 Å². The van der Waals surface area contributed by atoms with Crippen LogP contribution in [0.3, 0.4) is 0 Å². The summed E-state index contributed by atoms with van der Waals surface area (Å²) in [6.45, 7) is 0. The third kappa shape index (κ3) is 5.31. The number of nitro benzene ring substituents is 2. The van der Waals surface area contributed by atoms with Crippen molar-refractivity contribution in [2.24, 2.45) is 0 Å². The van der Waals surface area contributed by atoms with E-state index in [2.05, 4.69) is 0 Å². The first kappa shape index (κ1) is 25.4. The molecule has 0 bridgehead atoms. The van der Waals surface area contributed by atoms with Gasteiger partial charge in [-0.1, -0.05) is 46.4 Å². The molecular formula is C20H12Cl4N2O8. The van der Waals surface area contributed by atoms with Gasteiger partial charge in [-0.3, -0.25) is 20.2 Å². The Morgan fingerprint density at radius 3 is 1.24 bits per heavy atom. The molecule has 0 fully saturated rings. The number of non-ortho nitro benzene ring substituents is 2. The Kier molecular flexibility index (Phi) is 7.78. The van der Waals surface area contributed by atoms with Crippen LogP contribution in [0, 0.1) is 20.2 Å². The molecule has 0 amide bonds. The lowest BCUT2D eigenvalue weighted by molar-refractivity contribution is -0.385. The number of halogens is 4. The van der Waals surface area contributed by atoms with Gasteiger partial charge in [0.05, 0.1) is 44.2 Å². The summed E-state index contributed by atoms with van der Waals surface area (Å²) in [6.07, 6.45) is 0. The van der Waals surface area contributed by atoms with Crippen molar-refractivity contribution in [3.05, 3.63) is 76.7 Å². The quantitative estimate of drug-likeness (QED) is 0.206. The van der Waals surface area contributed by atoms with Gasteiger partial charge < -0.3 is 18.9 Å². The van der Waals surface area contributed by atoms with E-state index in [0.717, 1.165) is 24.3 Å². The van der Waals surface area contributed by atoms with Crippen LogP contribution in [0.2, 0.25) is 20.1 Å². The van der Waals surface area contributed by atoms with Gasteiger partial charge in [0.25, 0.3) is 11.4 Å². The van der Waals surface area contributed by atoms with E-state index in [1.54, 1.807) is 0 Å². The van der Waals surface area contributed by atoms with Crippen molar-refractivity contribution in [2.75, 3.05) is 14.2 Å². The number of nitrogens with zero attached hydrogens (tertiary/aromatic N) is 2. The van der Waals surface area contributed by atoms with Crippen LogP contribution in [0.15, 0.2) is 36.4 Å². The van der Waals surface area contributed by atoms with E-state index in [9.17, 15) is 20.2 Å². The monoisotopic (exact) mass is 548 g/mol. The third-order valence-corrected chi connectivity index (χ3v) is 5.37. The molecule has 10 nitrogen and oxygen atoms in total. The maximum atomic E-state index is 11.0. The molecule has 0 aliphatic heterocycles. The molecule has 178 valence electrons. The van der Waals surface area contributed by atoms with Crippen molar-refractivity contribution < 1.29 is 28.8 Å². The number of benzene rings is 3. The normalized spacial score (nSPS) is 10.5. The van der Waals surface area contributed by atoms with Crippen molar-refractivity contribution in [2.45, 2.75) is 0 Å². The molecule has 0 spiro atoms. The summed E-state index contributed by atoms with van der Waals surface area (Å²) in [6, 6.07) is 7.15. The lowest BCUT2D eigenvalue weighted by atomic mass is 10.2. The smallest absolute Gasteiger partial charge is 0.272 e. The summed E-state index contributed by atoms with van der Waals surface area (Å²) < 4.78 is 22.3. The minimum absolute atomic E-state index is 0.0173. The van der Waals surface area contributed by atoms with Crippen molar-refractivity contribution in [3.8, 4) is 34.5 Å². The third-order valence-electron chi connectivity index (χ3n) is 4.25. The topological polar surface area (TPSA) is 123 Å². The van der Waals surface area contributed by atoms with Crippen LogP contribution in [-0.4, -0.2) is 24.1 Å². The minimum atomic E-state index is -0.655. The first-order valence-corrected chi connectivity index (χ1v) is 10.5. The van der Waals surface area contributed by atoms with Crippen LogP contribution in [0.25, 0.3) is 0 Å². The molecule has 0 unspecified atom stereocenters. The molecule has 0 atom stereocenters. The number of hydrogen-bond acceptors (Lipinski definition) is 8. The van der Waals surface area contributed by atoms with Crippen molar-refractivity contribution >= 4 is 57.8 Å². The van der Waals surface area contributed by atoms with Crippen LogP contribution < -0.4 is 18.9 Å². The zero-order valence-corrected chi connectivity index (χ0v) is 20.2. The molecule has 34 heavy (non-hydrogen) atoms. The van der Waals surface area contributed by atoms with Gasteiger partial charge in [-0.15, -0.1) is 0 Å². The highest BCUT2D eigenvalue weighted by Gasteiger charge is 2.23. The molecule has 0 aromatic heterocycles. The van der Waals surface area contributed by atoms with E-state index < -0.39 is 9.85 Å². The molecule has 14 heteroatoms. The van der Waals surface area contributed by atoms with Gasteiger partial charge in [-0.25, -0.2) is 0 Å². The number of methoxy groups -OCH3 is 2. The van der Waals surface area contributed by atoms with Gasteiger partial charge in [0.1, 0.15) is 5.75 Å². The Labute approximate surface area is 211 Å². The molecule has 3 rings (SSSR count). The predicted molar refractivity (Wildman–Crippen MR) is 126 cm³/mol. The molecule has 0 radical (unpaired) electrons. The second-order valence-corrected chi connectivity index (χ2v) is 7.98. The number of ether oxygens (including phenoxy) is 4. The Morgan fingerprint density at radius 2 is 0.971 bits per heavy atom. The predicted octanol–water partition coefficient (Wildman–Crippen LogP) is 7.72. The maximum Gasteiger partial charge on any atom is 0.272 e. The highest BCUT2D eigenvalue weighted by atomic mass is 35.5. The molecule has 0 aliphatic carbocycles. The van der Waals surface area contributed by atoms with E-state index in [-0.39, 0.29) is 66.0 Å². The lowest BCUT2D eigenvalue weighted by Gasteiger charge is -2.18. The van der Waals surface area contributed by atoms with Gasteiger partial charge in [-0.05, 0) is 0 Å². The Bertz CT molecular complexity index is 1160. The average Bonchev–Trinajstić information content (AvgIpc) is 2.77. The van der Waals surface area contributed by atoms with Crippen molar-refractivity contribution in [3.63, 3.8) is 0 Å². The highest BCUT2D eigenvalue weighted by Crippen LogP contribution is 2.49. The molecule has 0 aliphatic rings. The lowest BCUT2D eigenvalue weighted by Crippen LogP contribution is -1.98. The van der Waals surface area contributed by atoms with Gasteiger partial charge in [0.2, 0.25) is 5.75 Å². The first-order valence-electron chi connectivity index (χ1n) is 8.94. The molecule has 0 N–H and O–H groups in total. The molecule has 0 saturated heterocycles. The average molecular weight is 550 g/mol. The standard InChI is InChI=1S/C20H12Cl4N2O8/c1-31-11-7-16(33-18-12(21)3-9(25(27)28)4-13(18)22)20(32-2)17(8-11)34-19-14(23)5-10(26(29)30)6-15(19)24/h3-8H,1-2H3. The van der Waals surface area contributed by atoms with Crippen LogP contribution in [0.5, 0.6) is 34.5 Å². The summed E-state index contributed by atoms with van der Waals surface area (Å²) in [5.74, 6) is 0.133. The number of hydrogen-bond donors (Lipinski definition) is 0. The Morgan fingerprint density at radius 1 is 0.618 bits per heavy atom. The maximum absolute atomic E-state index is 11.0. The second kappa shape index (κ2) is 10.4. The number of nitro groups is 2. The molecule has 3 aromatic rings. The Balaban J connectivity index is 2.09. The van der Waals surface area contributed by atoms with Crippen LogP contribution >= 0.6 is 46.4 Å². The Hall–Kier alpha value is -3.18. The van der Waals surface area contributed by atoms with Gasteiger partial charge in [-0.2, -0.15) is 0 Å². The van der Waals surface area contributed by atoms with E-state index in [0.29, 0.717) is 0 Å². The second-order valence-electron chi connectivity index (χ2n) is 6.35. The van der Waals surface area contributed by atoms with E-state index in [1.165, 1.54) is 26.4 Å². The van der Waals surface area contributed by atoms with Crippen LogP contribution in [0.1, 0.15) is 0 Å². The molecular weight excluding hydrogens is 538 g/mol. The van der Waals surface area contributed by atoms with Gasteiger partial charge in [0.15, 0.2) is 23.0 Å². The SMILES string of the molecule is COc1cc(Oc2c(Cl)cc([N+](=O)[O-])cc2Cl)c(OC)c(Oc2c(Cl)cc([N+](=O)[O-])cc2Cl)c1. The number of rotatable bonds is 8. The first-order chi connectivity index (χ1) is 16.0. The van der Waals surface area contributed by atoms with E-state index in [1.807, 2.05) is 0 Å². The van der Waals surface area contributed by atoms with Crippen molar-refractivity contribution in [1.82, 2.24) is 0 Å². The molecule has 3 aromatic carbocycles. The van der Waals surface area contributed by atoms with Crippen molar-refractivity contribution in [1.29, 1.82) is 0 Å². The molecule has 0 saturated carbocycles. The zero-order valence-electron chi connectivity index (χ0n) is 17.1. The zero-order chi connectivity index (χ0) is 25.2. The summed E-state index contributed by atoms with van der Waals surface area (Å²) >= 11 is 24.6. The fourth-order valence-corrected chi connectivity index (χ4v) is 3.85. The fourth-order valence-electron chi connectivity index (χ4n) is 2.74. The minimum Gasteiger partial charge on any atom is -0.496 e. The van der Waals surface area contributed by atoms with Crippen LogP contribution in [0.4, 0.5) is 11.4 Å². The largest absolute Gasteiger partial charge is 0.496 e. The molecule has 0 heterocycles. The van der Waals surface area contributed by atoms with E-state index >= 15 is 0 Å². The van der Waals surface area contributed by atoms with E-state index in [4.69, 9.17) is 65.4 Å². The summed E-state index contributed by atoms with van der Waals surface area (Å²) in [4.78, 5) is 20.7. The summed E-state index contributed by atoms with van der Waals surface area (Å²) in [5.41, 5.74) is -0.655.